The van der Waals surface area contributed by atoms with Gasteiger partial charge in [-0.15, -0.1) is 0 Å². The van der Waals surface area contributed by atoms with E-state index in [9.17, 15) is 13.2 Å². The van der Waals surface area contributed by atoms with Crippen LogP contribution in [0.15, 0.2) is 42.5 Å². The number of sulfonamides is 1. The number of carbonyl (C=O) groups is 1. The summed E-state index contributed by atoms with van der Waals surface area (Å²) in [6.07, 6.45) is 0.990. The fourth-order valence-electron chi connectivity index (χ4n) is 2.21. The quantitative estimate of drug-likeness (QED) is 0.813. The van der Waals surface area contributed by atoms with Gasteiger partial charge in [0.05, 0.1) is 35.7 Å². The molecule has 0 aliphatic carbocycles. The Morgan fingerprint density at radius 3 is 2.62 bits per heavy atom. The highest BCUT2D eigenvalue weighted by Gasteiger charge is 2.21. The molecule has 0 saturated carbocycles. The van der Waals surface area contributed by atoms with Crippen molar-refractivity contribution in [2.75, 3.05) is 29.5 Å². The Kier molecular flexibility index (Phi) is 6.08. The van der Waals surface area contributed by atoms with Crippen LogP contribution in [-0.2, 0) is 14.8 Å². The minimum atomic E-state index is -3.73. The normalized spacial score (nSPS) is 10.7. The fourth-order valence-corrected chi connectivity index (χ4v) is 3.31. The topological polar surface area (TPSA) is 99.5 Å². The summed E-state index contributed by atoms with van der Waals surface area (Å²) in [7, 11) is -2.26. The molecule has 2 rings (SSSR count). The van der Waals surface area contributed by atoms with Gasteiger partial charge in [-0.1, -0.05) is 17.7 Å². The van der Waals surface area contributed by atoms with Gasteiger partial charge in [-0.05, 0) is 36.4 Å². The predicted octanol–water partition coefficient (Wildman–Crippen LogP) is 2.62. The SMILES string of the molecule is COc1ccc(NC(=O)CN(c2cccc(C#N)c2)S(C)(=O)=O)cc1Cl. The van der Waals surface area contributed by atoms with Crippen molar-refractivity contribution in [1.29, 1.82) is 5.26 Å². The number of rotatable bonds is 6. The minimum Gasteiger partial charge on any atom is -0.495 e. The molecule has 0 atom stereocenters. The lowest BCUT2D eigenvalue weighted by atomic mass is 10.2. The lowest BCUT2D eigenvalue weighted by Crippen LogP contribution is -2.37. The monoisotopic (exact) mass is 393 g/mol. The number of anilines is 2. The van der Waals surface area contributed by atoms with Gasteiger partial charge < -0.3 is 10.1 Å². The van der Waals surface area contributed by atoms with Gasteiger partial charge in [0.1, 0.15) is 12.3 Å². The molecule has 9 heteroatoms. The molecule has 0 aliphatic rings. The van der Waals surface area contributed by atoms with Crippen molar-refractivity contribution in [3.05, 3.63) is 53.1 Å². The first-order valence-electron chi connectivity index (χ1n) is 7.36. The second-order valence-electron chi connectivity index (χ2n) is 5.33. The van der Waals surface area contributed by atoms with Crippen molar-refractivity contribution in [1.82, 2.24) is 0 Å². The summed E-state index contributed by atoms with van der Waals surface area (Å²) in [6.45, 7) is -0.447. The van der Waals surface area contributed by atoms with E-state index < -0.39 is 22.5 Å². The molecular formula is C17H16ClN3O4S. The molecule has 7 nitrogen and oxygen atoms in total. The molecule has 2 aromatic rings. The van der Waals surface area contributed by atoms with Crippen LogP contribution in [0.2, 0.25) is 5.02 Å². The van der Waals surface area contributed by atoms with Crippen LogP contribution in [0.4, 0.5) is 11.4 Å². The van der Waals surface area contributed by atoms with Gasteiger partial charge in [0.25, 0.3) is 0 Å². The summed E-state index contributed by atoms with van der Waals surface area (Å²) < 4.78 is 30.1. The van der Waals surface area contributed by atoms with Gasteiger partial charge in [0.15, 0.2) is 0 Å². The number of benzene rings is 2. The third-order valence-electron chi connectivity index (χ3n) is 3.39. The zero-order valence-electron chi connectivity index (χ0n) is 14.1. The number of hydrogen-bond donors (Lipinski definition) is 1. The Bertz CT molecular complexity index is 970. The Labute approximate surface area is 156 Å². The van der Waals surface area contributed by atoms with Crippen LogP contribution < -0.4 is 14.4 Å². The third-order valence-corrected chi connectivity index (χ3v) is 4.82. The van der Waals surface area contributed by atoms with Crippen LogP contribution in [0.5, 0.6) is 5.75 Å². The second kappa shape index (κ2) is 8.08. The molecule has 0 heterocycles. The van der Waals surface area contributed by atoms with Crippen LogP contribution in [-0.4, -0.2) is 34.2 Å². The van der Waals surface area contributed by atoms with Gasteiger partial charge in [-0.2, -0.15) is 5.26 Å². The number of halogens is 1. The number of amides is 1. The average Bonchev–Trinajstić information content (AvgIpc) is 2.59. The van der Waals surface area contributed by atoms with E-state index in [0.717, 1.165) is 10.6 Å². The van der Waals surface area contributed by atoms with E-state index in [1.807, 2.05) is 6.07 Å². The van der Waals surface area contributed by atoms with Crippen LogP contribution >= 0.6 is 11.6 Å². The summed E-state index contributed by atoms with van der Waals surface area (Å²) in [5.74, 6) is -0.102. The van der Waals surface area contributed by atoms with Crippen LogP contribution in [0.25, 0.3) is 0 Å². The number of carbonyl (C=O) groups excluding carboxylic acids is 1. The minimum absolute atomic E-state index is 0.231. The fraction of sp³-hybridized carbons (Fsp3) is 0.176. The predicted molar refractivity (Wildman–Crippen MR) is 100.0 cm³/mol. The van der Waals surface area contributed by atoms with E-state index >= 15 is 0 Å². The molecule has 1 N–H and O–H groups in total. The van der Waals surface area contributed by atoms with Crippen molar-refractivity contribution < 1.29 is 17.9 Å². The zero-order valence-corrected chi connectivity index (χ0v) is 15.6. The third kappa shape index (κ3) is 4.88. The number of nitrogens with one attached hydrogen (secondary N) is 1. The van der Waals surface area contributed by atoms with Gasteiger partial charge in [0, 0.05) is 5.69 Å². The maximum atomic E-state index is 12.3. The lowest BCUT2D eigenvalue weighted by Gasteiger charge is -2.22. The first kappa shape index (κ1) is 19.6. The Balaban J connectivity index is 2.22. The van der Waals surface area contributed by atoms with E-state index in [2.05, 4.69) is 5.32 Å². The zero-order chi connectivity index (χ0) is 19.3. The molecular weight excluding hydrogens is 378 g/mol. The largest absolute Gasteiger partial charge is 0.495 e. The van der Waals surface area contributed by atoms with Crippen LogP contribution in [0.1, 0.15) is 5.56 Å². The molecule has 0 bridgehead atoms. The van der Waals surface area contributed by atoms with Crippen molar-refractivity contribution in [3.8, 4) is 11.8 Å². The van der Waals surface area contributed by atoms with Crippen LogP contribution in [0.3, 0.4) is 0 Å². The van der Waals surface area contributed by atoms with Crippen LogP contribution in [0, 0.1) is 11.3 Å². The van der Waals surface area contributed by atoms with Gasteiger partial charge in [0.2, 0.25) is 15.9 Å². The van der Waals surface area contributed by atoms with Gasteiger partial charge >= 0.3 is 0 Å². The molecule has 2 aromatic carbocycles. The van der Waals surface area contributed by atoms with E-state index in [4.69, 9.17) is 21.6 Å². The molecule has 136 valence electrons. The maximum absolute atomic E-state index is 12.3. The Morgan fingerprint density at radius 1 is 1.31 bits per heavy atom. The molecule has 1 amide bonds. The number of hydrogen-bond acceptors (Lipinski definition) is 5. The van der Waals surface area contributed by atoms with E-state index in [1.54, 1.807) is 24.3 Å². The Morgan fingerprint density at radius 2 is 2.04 bits per heavy atom. The standard InChI is InChI=1S/C17H16ClN3O4S/c1-25-16-7-6-13(9-15(16)18)20-17(22)11-21(26(2,23)24)14-5-3-4-12(8-14)10-19/h3-9H,11H2,1-2H3,(H,20,22). The maximum Gasteiger partial charge on any atom is 0.245 e. The second-order valence-corrected chi connectivity index (χ2v) is 7.64. The summed E-state index contributed by atoms with van der Waals surface area (Å²) in [5.41, 5.74) is 0.924. The summed E-state index contributed by atoms with van der Waals surface area (Å²) in [4.78, 5) is 12.3. The molecule has 0 spiro atoms. The van der Waals surface area contributed by atoms with Crippen molar-refractivity contribution in [2.45, 2.75) is 0 Å². The summed E-state index contributed by atoms with van der Waals surface area (Å²) in [5, 5.41) is 11.9. The molecule has 0 unspecified atom stereocenters. The number of ether oxygens (including phenoxy) is 1. The molecule has 0 saturated heterocycles. The van der Waals surface area contributed by atoms with Crippen molar-refractivity contribution in [3.63, 3.8) is 0 Å². The number of nitriles is 1. The molecule has 0 aliphatic heterocycles. The van der Waals surface area contributed by atoms with Gasteiger partial charge in [-0.3, -0.25) is 9.10 Å². The van der Waals surface area contributed by atoms with E-state index in [-0.39, 0.29) is 5.69 Å². The van der Waals surface area contributed by atoms with Crippen molar-refractivity contribution in [2.24, 2.45) is 0 Å². The smallest absolute Gasteiger partial charge is 0.245 e. The number of nitrogens with zero attached hydrogens (tertiary/aromatic N) is 2. The van der Waals surface area contributed by atoms with Crippen molar-refractivity contribution >= 4 is 38.9 Å². The highest BCUT2D eigenvalue weighted by Crippen LogP contribution is 2.27. The molecule has 26 heavy (non-hydrogen) atoms. The van der Waals surface area contributed by atoms with Gasteiger partial charge in [-0.25, -0.2) is 8.42 Å². The molecule has 0 radical (unpaired) electrons. The van der Waals surface area contributed by atoms with E-state index in [0.29, 0.717) is 22.0 Å². The molecule has 0 aromatic heterocycles. The Hall–Kier alpha value is -2.76. The summed E-state index contributed by atoms with van der Waals surface area (Å²) >= 11 is 6.01. The highest BCUT2D eigenvalue weighted by molar-refractivity contribution is 7.92. The average molecular weight is 394 g/mol. The first-order valence-corrected chi connectivity index (χ1v) is 9.58. The van der Waals surface area contributed by atoms with E-state index in [1.165, 1.54) is 25.3 Å². The summed E-state index contributed by atoms with van der Waals surface area (Å²) in [6, 6.07) is 12.6. The lowest BCUT2D eigenvalue weighted by molar-refractivity contribution is -0.114. The first-order chi connectivity index (χ1) is 12.2. The highest BCUT2D eigenvalue weighted by atomic mass is 35.5. The number of methoxy groups -OCH3 is 1. The molecule has 0 fully saturated rings.